The predicted molar refractivity (Wildman–Crippen MR) is 104 cm³/mol. The fraction of sp³-hybridized carbons (Fsp3) is 0.600. The number of aryl methyl sites for hydroxylation is 3. The fourth-order valence-electron chi connectivity index (χ4n) is 4.66. The summed E-state index contributed by atoms with van der Waals surface area (Å²) in [6.45, 7) is 11.2. The van der Waals surface area contributed by atoms with Gasteiger partial charge < -0.3 is 19.1 Å². The lowest BCUT2D eigenvalue weighted by Gasteiger charge is -2.26. The minimum atomic E-state index is -0.231. The Hall–Kier alpha value is -2.64. The van der Waals surface area contributed by atoms with Crippen molar-refractivity contribution >= 4 is 11.9 Å². The Bertz CT molecular complexity index is 905. The molecule has 2 aromatic rings. The summed E-state index contributed by atoms with van der Waals surface area (Å²) >= 11 is 0. The number of amides is 1. The van der Waals surface area contributed by atoms with Crippen LogP contribution in [-0.4, -0.2) is 59.4 Å². The monoisotopic (exact) mass is 385 g/mol. The summed E-state index contributed by atoms with van der Waals surface area (Å²) in [5.74, 6) is 2.47. The van der Waals surface area contributed by atoms with Crippen LogP contribution >= 0.6 is 0 Å². The Morgan fingerprint density at radius 1 is 1.11 bits per heavy atom. The maximum Gasteiger partial charge on any atom is 0.409 e. The number of rotatable bonds is 2. The lowest BCUT2D eigenvalue weighted by atomic mass is 9.86. The third kappa shape index (κ3) is 3.00. The second-order valence-electron chi connectivity index (χ2n) is 8.08. The molecule has 2 aromatic heterocycles. The van der Waals surface area contributed by atoms with Crippen molar-refractivity contribution in [3.8, 4) is 11.3 Å². The van der Waals surface area contributed by atoms with Crippen molar-refractivity contribution in [2.24, 2.45) is 5.41 Å². The zero-order valence-electron chi connectivity index (χ0n) is 17.2. The summed E-state index contributed by atoms with van der Waals surface area (Å²) in [6, 6.07) is 0. The van der Waals surface area contributed by atoms with Crippen molar-refractivity contribution in [2.45, 2.75) is 40.5 Å². The minimum Gasteiger partial charge on any atom is -0.453 e. The van der Waals surface area contributed by atoms with Crippen molar-refractivity contribution in [2.75, 3.05) is 38.2 Å². The van der Waals surface area contributed by atoms with Gasteiger partial charge in [-0.25, -0.2) is 14.8 Å². The summed E-state index contributed by atoms with van der Waals surface area (Å²) in [5, 5.41) is 4.08. The van der Waals surface area contributed by atoms with E-state index in [9.17, 15) is 4.79 Å². The number of carbonyl (C=O) groups is 1. The molecule has 2 saturated heterocycles. The van der Waals surface area contributed by atoms with Gasteiger partial charge in [-0.2, -0.15) is 0 Å². The van der Waals surface area contributed by atoms with E-state index in [-0.39, 0.29) is 11.5 Å². The van der Waals surface area contributed by atoms with Crippen LogP contribution in [-0.2, 0) is 4.74 Å². The third-order valence-electron chi connectivity index (χ3n) is 6.11. The lowest BCUT2D eigenvalue weighted by Crippen LogP contribution is -2.34. The minimum absolute atomic E-state index is 0.114. The second kappa shape index (κ2) is 6.76. The van der Waals surface area contributed by atoms with Crippen LogP contribution in [0, 0.1) is 33.1 Å². The zero-order valence-corrected chi connectivity index (χ0v) is 17.2. The second-order valence-corrected chi connectivity index (χ2v) is 8.08. The summed E-state index contributed by atoms with van der Waals surface area (Å²) in [5.41, 5.74) is 3.84. The van der Waals surface area contributed by atoms with E-state index >= 15 is 0 Å². The first-order valence-corrected chi connectivity index (χ1v) is 9.70. The zero-order chi connectivity index (χ0) is 20.1. The molecule has 4 rings (SSSR count). The molecule has 2 fully saturated rings. The van der Waals surface area contributed by atoms with Gasteiger partial charge in [0.1, 0.15) is 17.4 Å². The quantitative estimate of drug-likeness (QED) is 0.785. The van der Waals surface area contributed by atoms with E-state index in [0.29, 0.717) is 0 Å². The number of likely N-dealkylation sites (tertiary alicyclic amines) is 1. The number of carbonyl (C=O) groups excluding carboxylic acids is 1. The van der Waals surface area contributed by atoms with Gasteiger partial charge in [-0.15, -0.1) is 0 Å². The first-order valence-electron chi connectivity index (χ1n) is 9.70. The highest BCUT2D eigenvalue weighted by Crippen LogP contribution is 2.42. The molecule has 0 aliphatic carbocycles. The summed E-state index contributed by atoms with van der Waals surface area (Å²) in [6.07, 6.45) is 1.81. The van der Waals surface area contributed by atoms with Crippen molar-refractivity contribution in [1.29, 1.82) is 0 Å². The van der Waals surface area contributed by atoms with E-state index in [4.69, 9.17) is 19.2 Å². The summed E-state index contributed by atoms with van der Waals surface area (Å²) < 4.78 is 10.3. The standard InChI is InChI=1S/C20H27N5O3/c1-12-17(16-13(2)23-28-14(16)3)21-15(4)22-18(12)24-8-6-20(10-24)7-9-25(11-20)19(26)27-5/h6-11H2,1-5H3. The smallest absolute Gasteiger partial charge is 0.409 e. The molecule has 0 saturated carbocycles. The predicted octanol–water partition coefficient (Wildman–Crippen LogP) is 3.03. The van der Waals surface area contributed by atoms with E-state index < -0.39 is 0 Å². The van der Waals surface area contributed by atoms with Crippen molar-refractivity contribution in [1.82, 2.24) is 20.0 Å². The van der Waals surface area contributed by atoms with E-state index in [0.717, 1.165) is 78.9 Å². The van der Waals surface area contributed by atoms with Gasteiger partial charge in [0.25, 0.3) is 0 Å². The van der Waals surface area contributed by atoms with E-state index in [1.807, 2.05) is 25.7 Å². The highest BCUT2D eigenvalue weighted by molar-refractivity contribution is 5.72. The average Bonchev–Trinajstić information content (AvgIpc) is 3.37. The molecule has 4 heterocycles. The highest BCUT2D eigenvalue weighted by atomic mass is 16.5. The highest BCUT2D eigenvalue weighted by Gasteiger charge is 2.45. The van der Waals surface area contributed by atoms with E-state index in [1.54, 1.807) is 0 Å². The van der Waals surface area contributed by atoms with Gasteiger partial charge in [0.15, 0.2) is 0 Å². The van der Waals surface area contributed by atoms with Gasteiger partial charge in [-0.05, 0) is 40.5 Å². The number of methoxy groups -OCH3 is 1. The summed E-state index contributed by atoms with van der Waals surface area (Å²) in [4.78, 5) is 25.5. The number of hydrogen-bond donors (Lipinski definition) is 0. The van der Waals surface area contributed by atoms with E-state index in [1.165, 1.54) is 7.11 Å². The molecule has 0 N–H and O–H groups in total. The van der Waals surface area contributed by atoms with Crippen LogP contribution in [0.25, 0.3) is 11.3 Å². The molecule has 1 atom stereocenters. The summed E-state index contributed by atoms with van der Waals surface area (Å²) in [7, 11) is 1.44. The van der Waals surface area contributed by atoms with Crippen LogP contribution < -0.4 is 4.90 Å². The van der Waals surface area contributed by atoms with Crippen molar-refractivity contribution in [3.05, 3.63) is 22.8 Å². The Kier molecular flexibility index (Phi) is 4.51. The average molecular weight is 385 g/mol. The first-order chi connectivity index (χ1) is 13.3. The van der Waals surface area contributed by atoms with Crippen LogP contribution in [0.15, 0.2) is 4.52 Å². The third-order valence-corrected chi connectivity index (χ3v) is 6.11. The van der Waals surface area contributed by atoms with Crippen LogP contribution in [0.1, 0.15) is 35.7 Å². The molecule has 0 aromatic carbocycles. The van der Waals surface area contributed by atoms with Gasteiger partial charge in [-0.1, -0.05) is 5.16 Å². The SMILES string of the molecule is COC(=O)N1CCC2(CCN(c3nc(C)nc(-c4c(C)noc4C)c3C)C2)C1. The van der Waals surface area contributed by atoms with Gasteiger partial charge in [-0.3, -0.25) is 0 Å². The molecule has 2 aliphatic rings. The Balaban J connectivity index is 1.64. The molecular weight excluding hydrogens is 358 g/mol. The molecule has 0 bridgehead atoms. The fourth-order valence-corrected chi connectivity index (χ4v) is 4.66. The maximum atomic E-state index is 11.9. The maximum absolute atomic E-state index is 11.9. The number of anilines is 1. The van der Waals surface area contributed by atoms with E-state index in [2.05, 4.69) is 17.0 Å². The molecule has 8 heteroatoms. The molecule has 28 heavy (non-hydrogen) atoms. The van der Waals surface area contributed by atoms with Gasteiger partial charge in [0, 0.05) is 37.2 Å². The van der Waals surface area contributed by atoms with Crippen LogP contribution in [0.3, 0.4) is 0 Å². The Labute approximate surface area is 164 Å². The molecule has 0 radical (unpaired) electrons. The largest absolute Gasteiger partial charge is 0.453 e. The number of ether oxygens (including phenoxy) is 1. The molecule has 1 spiro atoms. The number of nitrogens with zero attached hydrogens (tertiary/aromatic N) is 5. The first kappa shape index (κ1) is 18.7. The van der Waals surface area contributed by atoms with Crippen LogP contribution in [0.2, 0.25) is 0 Å². The van der Waals surface area contributed by atoms with Crippen LogP contribution in [0.4, 0.5) is 10.6 Å². The van der Waals surface area contributed by atoms with Crippen LogP contribution in [0.5, 0.6) is 0 Å². The molecule has 2 aliphatic heterocycles. The normalized spacial score (nSPS) is 21.8. The molecular formula is C20H27N5O3. The van der Waals surface area contributed by atoms with Crippen molar-refractivity contribution in [3.63, 3.8) is 0 Å². The Morgan fingerprint density at radius 3 is 2.54 bits per heavy atom. The number of hydrogen-bond acceptors (Lipinski definition) is 7. The molecule has 1 amide bonds. The number of aromatic nitrogens is 3. The topological polar surface area (TPSA) is 84.6 Å². The van der Waals surface area contributed by atoms with Gasteiger partial charge in [0.2, 0.25) is 0 Å². The lowest BCUT2D eigenvalue weighted by molar-refractivity contribution is 0.128. The van der Waals surface area contributed by atoms with Crippen molar-refractivity contribution < 1.29 is 14.1 Å². The molecule has 8 nitrogen and oxygen atoms in total. The van der Waals surface area contributed by atoms with Gasteiger partial charge in [0.05, 0.1) is 24.1 Å². The Morgan fingerprint density at radius 2 is 1.86 bits per heavy atom. The van der Waals surface area contributed by atoms with Gasteiger partial charge >= 0.3 is 6.09 Å². The molecule has 1 unspecified atom stereocenters. The molecule has 150 valence electrons.